The second-order valence-electron chi connectivity index (χ2n) is 3.04. The maximum atomic E-state index is 13.3. The molecule has 1 N–H and O–H groups in total. The minimum atomic E-state index is -4.22. The average molecular weight is 260 g/mol. The van der Waals surface area contributed by atoms with Gasteiger partial charge in [0.2, 0.25) is 0 Å². The van der Waals surface area contributed by atoms with Crippen LogP contribution in [0.25, 0.3) is 0 Å². The molecule has 9 heteroatoms. The molecule has 0 atom stereocenters. The summed E-state index contributed by atoms with van der Waals surface area (Å²) in [6, 6.07) is 2.14. The molecule has 2 aromatic rings. The second kappa shape index (κ2) is 4.09. The first-order valence-electron chi connectivity index (χ1n) is 4.31. The van der Waals surface area contributed by atoms with Crippen LogP contribution in [0, 0.1) is 11.6 Å². The lowest BCUT2D eigenvalue weighted by molar-refractivity contribution is 0.553. The molecule has 17 heavy (non-hydrogen) atoms. The number of rotatable bonds is 3. The Morgan fingerprint density at radius 1 is 1.18 bits per heavy atom. The number of hydrogen-bond donors (Lipinski definition) is 1. The summed E-state index contributed by atoms with van der Waals surface area (Å²) in [6.07, 6.45) is 2.13. The van der Waals surface area contributed by atoms with Crippen molar-refractivity contribution in [1.29, 1.82) is 0 Å². The van der Waals surface area contributed by atoms with Crippen LogP contribution in [0.4, 0.5) is 8.78 Å². The minimum Gasteiger partial charge on any atom is -0.221 e. The Morgan fingerprint density at radius 3 is 2.47 bits per heavy atom. The molecule has 1 heterocycles. The predicted octanol–water partition coefficient (Wildman–Crippen LogP) is 0.489. The van der Waals surface area contributed by atoms with E-state index >= 15 is 0 Å². The summed E-state index contributed by atoms with van der Waals surface area (Å²) < 4.78 is 50.4. The van der Waals surface area contributed by atoms with Gasteiger partial charge < -0.3 is 0 Å². The Balaban J connectivity index is 2.41. The molecular formula is C8H6F2N4O2S. The topological polar surface area (TPSA) is 76.9 Å². The first-order chi connectivity index (χ1) is 7.99. The van der Waals surface area contributed by atoms with Gasteiger partial charge in [0.05, 0.1) is 0 Å². The van der Waals surface area contributed by atoms with Crippen molar-refractivity contribution in [3.8, 4) is 0 Å². The highest BCUT2D eigenvalue weighted by Crippen LogP contribution is 2.15. The monoisotopic (exact) mass is 260 g/mol. The van der Waals surface area contributed by atoms with Gasteiger partial charge in [-0.15, -0.1) is 10.2 Å². The van der Waals surface area contributed by atoms with E-state index in [0.717, 1.165) is 29.5 Å². The van der Waals surface area contributed by atoms with Gasteiger partial charge in [-0.25, -0.2) is 18.3 Å². The van der Waals surface area contributed by atoms with E-state index in [4.69, 9.17) is 0 Å². The smallest absolute Gasteiger partial charge is 0.221 e. The van der Waals surface area contributed by atoms with Crippen LogP contribution in [0.15, 0.2) is 35.7 Å². The molecule has 0 spiro atoms. The number of sulfonamides is 1. The van der Waals surface area contributed by atoms with Crippen molar-refractivity contribution < 1.29 is 17.2 Å². The third-order valence-electron chi connectivity index (χ3n) is 1.83. The molecule has 0 aliphatic rings. The molecule has 6 nitrogen and oxygen atoms in total. The van der Waals surface area contributed by atoms with Gasteiger partial charge in [0.25, 0.3) is 10.0 Å². The number of nitrogens with one attached hydrogen (secondary N) is 1. The second-order valence-corrected chi connectivity index (χ2v) is 4.67. The number of hydrogen-bond acceptors (Lipinski definition) is 4. The molecule has 2 rings (SSSR count). The van der Waals surface area contributed by atoms with Crippen molar-refractivity contribution in [3.63, 3.8) is 0 Å². The van der Waals surface area contributed by atoms with E-state index in [2.05, 4.69) is 10.2 Å². The summed E-state index contributed by atoms with van der Waals surface area (Å²) in [5, 5.41) is 6.72. The first kappa shape index (κ1) is 11.5. The molecule has 0 fully saturated rings. The van der Waals surface area contributed by atoms with E-state index in [-0.39, 0.29) is 0 Å². The largest absolute Gasteiger partial charge is 0.278 e. The van der Waals surface area contributed by atoms with E-state index in [1.165, 1.54) is 0 Å². The van der Waals surface area contributed by atoms with Gasteiger partial charge in [-0.05, 0) is 18.2 Å². The van der Waals surface area contributed by atoms with Crippen molar-refractivity contribution in [1.82, 2.24) is 14.9 Å². The molecular weight excluding hydrogens is 254 g/mol. The van der Waals surface area contributed by atoms with Gasteiger partial charge >= 0.3 is 0 Å². The molecule has 0 aliphatic carbocycles. The normalized spacial score (nSPS) is 11.4. The third kappa shape index (κ3) is 2.38. The fourth-order valence-corrected chi connectivity index (χ4v) is 2.18. The Hall–Kier alpha value is -2.03. The molecule has 1 aromatic heterocycles. The van der Waals surface area contributed by atoms with Crippen LogP contribution in [-0.2, 0) is 10.0 Å². The van der Waals surface area contributed by atoms with Crippen molar-refractivity contribution in [2.24, 2.45) is 0 Å². The van der Waals surface area contributed by atoms with Crippen LogP contribution < -0.4 is 4.83 Å². The lowest BCUT2D eigenvalue weighted by Gasteiger charge is -2.08. The Bertz CT molecular complexity index is 627. The average Bonchev–Trinajstić information content (AvgIpc) is 2.73. The van der Waals surface area contributed by atoms with Crippen molar-refractivity contribution >= 4 is 10.0 Å². The van der Waals surface area contributed by atoms with E-state index in [0.29, 0.717) is 6.07 Å². The maximum absolute atomic E-state index is 13.3. The van der Waals surface area contributed by atoms with Crippen molar-refractivity contribution in [3.05, 3.63) is 42.5 Å². The van der Waals surface area contributed by atoms with Crippen molar-refractivity contribution in [2.75, 3.05) is 4.83 Å². The molecule has 0 unspecified atom stereocenters. The number of aromatic nitrogens is 3. The fraction of sp³-hybridized carbons (Fsp3) is 0. The highest BCUT2D eigenvalue weighted by molar-refractivity contribution is 7.92. The first-order valence-corrected chi connectivity index (χ1v) is 5.80. The number of benzene rings is 1. The molecule has 90 valence electrons. The van der Waals surface area contributed by atoms with E-state index in [1.54, 1.807) is 0 Å². The van der Waals surface area contributed by atoms with Gasteiger partial charge in [-0.3, -0.25) is 0 Å². The van der Waals surface area contributed by atoms with Crippen LogP contribution in [0.5, 0.6) is 0 Å². The Morgan fingerprint density at radius 2 is 1.82 bits per heavy atom. The maximum Gasteiger partial charge on any atom is 0.278 e. The molecule has 0 bridgehead atoms. The molecule has 0 saturated carbocycles. The highest BCUT2D eigenvalue weighted by Gasteiger charge is 2.20. The molecule has 0 aliphatic heterocycles. The van der Waals surface area contributed by atoms with Gasteiger partial charge in [-0.2, -0.15) is 8.42 Å². The summed E-state index contributed by atoms with van der Waals surface area (Å²) >= 11 is 0. The lowest BCUT2D eigenvalue weighted by Crippen LogP contribution is -2.23. The zero-order valence-corrected chi connectivity index (χ0v) is 9.03. The summed E-state index contributed by atoms with van der Waals surface area (Å²) in [7, 11) is -4.22. The zero-order valence-electron chi connectivity index (χ0n) is 8.21. The summed E-state index contributed by atoms with van der Waals surface area (Å²) in [6.45, 7) is 0. The SMILES string of the molecule is O=S(=O)(Nn1cnnc1)c1cc(F)ccc1F. The van der Waals surface area contributed by atoms with E-state index < -0.39 is 26.6 Å². The van der Waals surface area contributed by atoms with E-state index in [9.17, 15) is 17.2 Å². The predicted molar refractivity (Wildman–Crippen MR) is 52.9 cm³/mol. The number of halogens is 2. The third-order valence-corrected chi connectivity index (χ3v) is 3.17. The lowest BCUT2D eigenvalue weighted by atomic mass is 10.3. The summed E-state index contributed by atoms with van der Waals surface area (Å²) in [5.74, 6) is -1.90. The zero-order chi connectivity index (χ0) is 12.5. The fourth-order valence-electron chi connectivity index (χ4n) is 1.12. The molecule has 0 saturated heterocycles. The minimum absolute atomic E-state index is 0.585. The summed E-state index contributed by atoms with van der Waals surface area (Å²) in [4.78, 5) is 1.15. The van der Waals surface area contributed by atoms with Crippen LogP contribution >= 0.6 is 0 Å². The van der Waals surface area contributed by atoms with Crippen LogP contribution in [0.2, 0.25) is 0 Å². The Kier molecular flexibility index (Phi) is 2.76. The van der Waals surface area contributed by atoms with Crippen LogP contribution in [-0.4, -0.2) is 23.3 Å². The van der Waals surface area contributed by atoms with Crippen molar-refractivity contribution in [2.45, 2.75) is 4.90 Å². The van der Waals surface area contributed by atoms with Gasteiger partial charge in [0, 0.05) is 0 Å². The quantitative estimate of drug-likeness (QED) is 0.871. The van der Waals surface area contributed by atoms with Crippen LogP contribution in [0.3, 0.4) is 0 Å². The molecule has 1 aromatic carbocycles. The molecule has 0 radical (unpaired) electrons. The van der Waals surface area contributed by atoms with Gasteiger partial charge in [0.15, 0.2) is 0 Å². The highest BCUT2D eigenvalue weighted by atomic mass is 32.2. The molecule has 0 amide bonds. The number of nitrogens with zero attached hydrogens (tertiary/aromatic N) is 3. The van der Waals surface area contributed by atoms with E-state index in [1.807, 2.05) is 4.83 Å². The Labute approximate surface area is 94.9 Å². The standard InChI is InChI=1S/C8H6F2N4O2S/c9-6-1-2-7(10)8(3-6)17(15,16)13-14-4-11-12-5-14/h1-5,13H. The van der Waals surface area contributed by atoms with Gasteiger partial charge in [0.1, 0.15) is 29.2 Å². The van der Waals surface area contributed by atoms with Gasteiger partial charge in [-0.1, -0.05) is 0 Å². The summed E-state index contributed by atoms with van der Waals surface area (Å²) in [5.41, 5.74) is 0. The van der Waals surface area contributed by atoms with Crippen LogP contribution in [0.1, 0.15) is 0 Å².